The zero-order chi connectivity index (χ0) is 16.7. The second-order valence-electron chi connectivity index (χ2n) is 5.11. The molecule has 0 amide bonds. The molecule has 0 saturated carbocycles. The third-order valence-electron chi connectivity index (χ3n) is 3.61. The molecular weight excluding hydrogens is 370 g/mol. The average molecular weight is 380 g/mol. The van der Waals surface area contributed by atoms with Gasteiger partial charge in [0, 0.05) is 16.3 Å². The highest BCUT2D eigenvalue weighted by molar-refractivity contribution is 7.89. The van der Waals surface area contributed by atoms with E-state index in [0.717, 1.165) is 15.6 Å². The van der Waals surface area contributed by atoms with Crippen LogP contribution in [0.2, 0.25) is 5.02 Å². The zero-order valence-electron chi connectivity index (χ0n) is 12.1. The first kappa shape index (κ1) is 15.5. The lowest BCUT2D eigenvalue weighted by Crippen LogP contribution is -2.23. The van der Waals surface area contributed by atoms with E-state index >= 15 is 0 Å². The van der Waals surface area contributed by atoms with Crippen molar-refractivity contribution in [3.8, 4) is 0 Å². The van der Waals surface area contributed by atoms with Crippen molar-refractivity contribution in [3.63, 3.8) is 0 Å². The Kier molecular flexibility index (Phi) is 3.76. The number of benzene rings is 2. The molecule has 24 heavy (non-hydrogen) atoms. The second-order valence-corrected chi connectivity index (χ2v) is 8.20. The minimum atomic E-state index is -3.75. The molecule has 122 valence electrons. The smallest absolute Gasteiger partial charge is 0.243 e. The lowest BCUT2D eigenvalue weighted by atomic mass is 10.2. The number of hydrogen-bond acceptors (Lipinski definition) is 6. The molecule has 0 bridgehead atoms. The molecule has 0 radical (unpaired) electrons. The van der Waals surface area contributed by atoms with Gasteiger partial charge in [0.25, 0.3) is 0 Å². The molecule has 9 heteroatoms. The molecule has 2 aromatic heterocycles. The molecule has 0 aliphatic heterocycles. The van der Waals surface area contributed by atoms with Crippen LogP contribution in [0.25, 0.3) is 21.1 Å². The van der Waals surface area contributed by atoms with Crippen LogP contribution in [-0.4, -0.2) is 18.7 Å². The summed E-state index contributed by atoms with van der Waals surface area (Å²) in [6, 6.07) is 10.3. The molecule has 2 aromatic carbocycles. The Hall–Kier alpha value is -2.00. The van der Waals surface area contributed by atoms with Crippen LogP contribution >= 0.6 is 22.9 Å². The minimum absolute atomic E-state index is 0.0406. The van der Waals surface area contributed by atoms with Gasteiger partial charge in [-0.05, 0) is 57.0 Å². The van der Waals surface area contributed by atoms with Crippen molar-refractivity contribution >= 4 is 54.1 Å². The van der Waals surface area contributed by atoms with Crippen molar-refractivity contribution in [2.75, 3.05) is 0 Å². The first-order valence-electron chi connectivity index (χ1n) is 6.91. The standard InChI is InChI=1S/C15H10ClN3O3S2/c16-10-4-5-13-11(6-10)9(8-23-13)7-17-24(20,21)14-3-1-2-12-15(14)19-22-18-12/h1-6,8,17H,7H2. The number of nitrogens with zero attached hydrogens (tertiary/aromatic N) is 2. The Morgan fingerprint density at radius 1 is 1.21 bits per heavy atom. The highest BCUT2D eigenvalue weighted by Crippen LogP contribution is 2.29. The van der Waals surface area contributed by atoms with Crippen LogP contribution in [0.15, 0.2) is 51.3 Å². The maximum atomic E-state index is 12.6. The zero-order valence-corrected chi connectivity index (χ0v) is 14.5. The highest BCUT2D eigenvalue weighted by Gasteiger charge is 2.20. The van der Waals surface area contributed by atoms with Crippen molar-refractivity contribution in [1.29, 1.82) is 0 Å². The average Bonchev–Trinajstić information content (AvgIpc) is 3.19. The summed E-state index contributed by atoms with van der Waals surface area (Å²) in [6.07, 6.45) is 0. The van der Waals surface area contributed by atoms with Crippen LogP contribution in [0.3, 0.4) is 0 Å². The van der Waals surface area contributed by atoms with Gasteiger partial charge in [0.2, 0.25) is 10.0 Å². The van der Waals surface area contributed by atoms with Crippen LogP contribution < -0.4 is 4.72 Å². The maximum absolute atomic E-state index is 12.6. The minimum Gasteiger partial charge on any atom is -0.243 e. The molecule has 1 N–H and O–H groups in total. The van der Waals surface area contributed by atoms with Crippen molar-refractivity contribution < 1.29 is 13.0 Å². The van der Waals surface area contributed by atoms with Crippen molar-refractivity contribution in [3.05, 3.63) is 52.4 Å². The summed E-state index contributed by atoms with van der Waals surface area (Å²) in [6.45, 7) is 0.157. The molecule has 0 atom stereocenters. The Balaban J connectivity index is 1.67. The van der Waals surface area contributed by atoms with Crippen molar-refractivity contribution in [2.24, 2.45) is 0 Å². The van der Waals surface area contributed by atoms with Crippen molar-refractivity contribution in [1.82, 2.24) is 15.0 Å². The third-order valence-corrected chi connectivity index (χ3v) is 6.29. The molecule has 0 fully saturated rings. The number of rotatable bonds is 4. The van der Waals surface area contributed by atoms with Gasteiger partial charge in [-0.15, -0.1) is 11.3 Å². The van der Waals surface area contributed by atoms with Gasteiger partial charge in [0.1, 0.15) is 10.4 Å². The van der Waals surface area contributed by atoms with Gasteiger partial charge in [-0.1, -0.05) is 17.7 Å². The van der Waals surface area contributed by atoms with E-state index in [1.54, 1.807) is 23.5 Å². The number of hydrogen-bond donors (Lipinski definition) is 1. The number of halogens is 1. The fraction of sp³-hybridized carbons (Fsp3) is 0.0667. The predicted molar refractivity (Wildman–Crippen MR) is 92.7 cm³/mol. The summed E-state index contributed by atoms with van der Waals surface area (Å²) in [5.41, 5.74) is 1.47. The van der Waals surface area contributed by atoms with Crippen molar-refractivity contribution in [2.45, 2.75) is 11.4 Å². The van der Waals surface area contributed by atoms with Crippen LogP contribution in [0.4, 0.5) is 0 Å². The van der Waals surface area contributed by atoms with Gasteiger partial charge in [0.05, 0.1) is 0 Å². The second kappa shape index (κ2) is 5.82. The Morgan fingerprint density at radius 3 is 2.96 bits per heavy atom. The van der Waals surface area contributed by atoms with Crippen LogP contribution in [0.1, 0.15) is 5.56 Å². The van der Waals surface area contributed by atoms with Gasteiger partial charge in [-0.25, -0.2) is 17.8 Å². The topological polar surface area (TPSA) is 85.1 Å². The number of aromatic nitrogens is 2. The van der Waals surface area contributed by atoms with Gasteiger partial charge in [0.15, 0.2) is 5.52 Å². The van der Waals surface area contributed by atoms with Gasteiger partial charge in [-0.2, -0.15) is 0 Å². The summed E-state index contributed by atoms with van der Waals surface area (Å²) in [5, 5.41) is 10.8. The lowest BCUT2D eigenvalue weighted by Gasteiger charge is -2.06. The lowest BCUT2D eigenvalue weighted by molar-refractivity contribution is 0.315. The number of sulfonamides is 1. The number of fused-ring (bicyclic) bond motifs is 2. The molecule has 2 heterocycles. The number of nitrogens with one attached hydrogen (secondary N) is 1. The van der Waals surface area contributed by atoms with Crippen LogP contribution in [-0.2, 0) is 16.6 Å². The molecule has 0 saturated heterocycles. The quantitative estimate of drug-likeness (QED) is 0.585. The van der Waals surface area contributed by atoms with E-state index in [9.17, 15) is 8.42 Å². The van der Waals surface area contributed by atoms with Gasteiger partial charge >= 0.3 is 0 Å². The fourth-order valence-electron chi connectivity index (χ4n) is 2.44. The monoisotopic (exact) mass is 379 g/mol. The summed E-state index contributed by atoms with van der Waals surface area (Å²) in [4.78, 5) is 0.0406. The van der Waals surface area contributed by atoms with Gasteiger partial charge in [-0.3, -0.25) is 0 Å². The third kappa shape index (κ3) is 2.67. The Bertz CT molecular complexity index is 1150. The normalized spacial score (nSPS) is 12.2. The Morgan fingerprint density at radius 2 is 2.08 bits per heavy atom. The Labute approximate surface area is 146 Å². The summed E-state index contributed by atoms with van der Waals surface area (Å²) in [5.74, 6) is 0. The molecule has 0 unspecified atom stereocenters. The molecule has 0 spiro atoms. The summed E-state index contributed by atoms with van der Waals surface area (Å²) in [7, 11) is -3.75. The van der Waals surface area contributed by atoms with E-state index < -0.39 is 10.0 Å². The molecule has 0 aliphatic carbocycles. The van der Waals surface area contributed by atoms with E-state index in [2.05, 4.69) is 19.7 Å². The summed E-state index contributed by atoms with van der Waals surface area (Å²) < 4.78 is 33.5. The summed E-state index contributed by atoms with van der Waals surface area (Å²) >= 11 is 7.57. The SMILES string of the molecule is O=S(=O)(NCc1csc2ccc(Cl)cc12)c1cccc2nonc12. The number of thiophene rings is 1. The van der Waals surface area contributed by atoms with E-state index in [1.165, 1.54) is 6.07 Å². The molecular formula is C15H10ClN3O3S2. The van der Waals surface area contributed by atoms with Gasteiger partial charge < -0.3 is 0 Å². The van der Waals surface area contributed by atoms with Crippen LogP contribution in [0, 0.1) is 0 Å². The molecule has 4 aromatic rings. The first-order valence-corrected chi connectivity index (χ1v) is 9.65. The largest absolute Gasteiger partial charge is 0.243 e. The van der Waals surface area contributed by atoms with E-state index in [-0.39, 0.29) is 17.0 Å². The fourth-order valence-corrected chi connectivity index (χ4v) is 4.71. The van der Waals surface area contributed by atoms with E-state index in [0.29, 0.717) is 10.5 Å². The van der Waals surface area contributed by atoms with E-state index in [4.69, 9.17) is 11.6 Å². The first-order chi connectivity index (χ1) is 11.5. The van der Waals surface area contributed by atoms with E-state index in [1.807, 2.05) is 23.6 Å². The molecule has 4 rings (SSSR count). The highest BCUT2D eigenvalue weighted by atomic mass is 35.5. The predicted octanol–water partition coefficient (Wildman–Crippen LogP) is 3.57. The van der Waals surface area contributed by atoms with Crippen LogP contribution in [0.5, 0.6) is 0 Å². The maximum Gasteiger partial charge on any atom is 0.243 e. The molecule has 6 nitrogen and oxygen atoms in total. The molecule has 0 aliphatic rings.